The van der Waals surface area contributed by atoms with Crippen molar-refractivity contribution in [2.45, 2.75) is 36.7 Å². The molecule has 1 nitrogen and oxygen atoms in total. The van der Waals surface area contributed by atoms with Gasteiger partial charge in [0.25, 0.3) is 0 Å². The summed E-state index contributed by atoms with van der Waals surface area (Å²) in [6.45, 7) is 0.604. The van der Waals surface area contributed by atoms with Crippen molar-refractivity contribution >= 4 is 11.8 Å². The van der Waals surface area contributed by atoms with Gasteiger partial charge in [0.1, 0.15) is 5.82 Å². The highest BCUT2D eigenvalue weighted by atomic mass is 32.2. The summed E-state index contributed by atoms with van der Waals surface area (Å²) in [5.41, 5.74) is -3.43. The van der Waals surface area contributed by atoms with Gasteiger partial charge in [-0.1, -0.05) is 23.9 Å². The smallest absolute Gasteiger partial charge is 0.313 e. The summed E-state index contributed by atoms with van der Waals surface area (Å²) in [5.74, 6) is -0.430. The molecule has 1 fully saturated rings. The number of nitrogens with one attached hydrogen (secondary N) is 1. The molecule has 1 N–H and O–H groups in total. The van der Waals surface area contributed by atoms with Crippen LogP contribution in [0.15, 0.2) is 24.3 Å². The quantitative estimate of drug-likeness (QED) is 0.754. The second-order valence-corrected chi connectivity index (χ2v) is 6.18. The number of benzene rings is 1. The van der Waals surface area contributed by atoms with Crippen LogP contribution in [0.25, 0.3) is 0 Å². The molecule has 1 aromatic rings. The zero-order valence-corrected chi connectivity index (χ0v) is 11.7. The molecule has 0 radical (unpaired) electrons. The van der Waals surface area contributed by atoms with Crippen LogP contribution in [0.1, 0.15) is 30.7 Å². The fraction of sp³-hybridized carbons (Fsp3) is 0.571. The Kier molecular flexibility index (Phi) is 5.32. The Morgan fingerprint density at radius 3 is 2.65 bits per heavy atom. The van der Waals surface area contributed by atoms with Crippen LogP contribution < -0.4 is 5.32 Å². The number of halogens is 4. The van der Waals surface area contributed by atoms with Crippen LogP contribution in [0.2, 0.25) is 0 Å². The predicted molar refractivity (Wildman–Crippen MR) is 73.3 cm³/mol. The fourth-order valence-electron chi connectivity index (χ4n) is 2.06. The molecule has 2 rings (SSSR count). The van der Waals surface area contributed by atoms with Crippen molar-refractivity contribution in [1.29, 1.82) is 0 Å². The SMILES string of the molecule is Fc1cccc(C(CCSC(F)(F)F)CNC2CC2)c1. The van der Waals surface area contributed by atoms with Gasteiger partial charge in [-0.25, -0.2) is 4.39 Å². The highest BCUT2D eigenvalue weighted by Crippen LogP contribution is 2.33. The molecular weight excluding hydrogens is 290 g/mol. The molecule has 0 bridgehead atoms. The number of thioether (sulfide) groups is 1. The van der Waals surface area contributed by atoms with E-state index in [1.54, 1.807) is 12.1 Å². The Labute approximate surface area is 120 Å². The van der Waals surface area contributed by atoms with E-state index >= 15 is 0 Å². The molecule has 0 aliphatic heterocycles. The lowest BCUT2D eigenvalue weighted by molar-refractivity contribution is -0.0328. The number of hydrogen-bond acceptors (Lipinski definition) is 2. The van der Waals surface area contributed by atoms with Gasteiger partial charge in [0.05, 0.1) is 0 Å². The fourth-order valence-corrected chi connectivity index (χ4v) is 2.69. The lowest BCUT2D eigenvalue weighted by atomic mass is 9.96. The van der Waals surface area contributed by atoms with E-state index in [0.29, 0.717) is 19.0 Å². The first-order valence-corrected chi connectivity index (χ1v) is 7.62. The zero-order valence-electron chi connectivity index (χ0n) is 10.9. The largest absolute Gasteiger partial charge is 0.441 e. The molecule has 1 aromatic carbocycles. The van der Waals surface area contributed by atoms with Crippen LogP contribution in [0.5, 0.6) is 0 Å². The Morgan fingerprint density at radius 1 is 1.30 bits per heavy atom. The maximum Gasteiger partial charge on any atom is 0.441 e. The van der Waals surface area contributed by atoms with E-state index in [9.17, 15) is 17.6 Å². The summed E-state index contributed by atoms with van der Waals surface area (Å²) in [5, 5.41) is 3.31. The molecule has 1 unspecified atom stereocenters. The average molecular weight is 307 g/mol. The minimum atomic E-state index is -4.20. The van der Waals surface area contributed by atoms with Crippen LogP contribution in [0, 0.1) is 5.82 Å². The van der Waals surface area contributed by atoms with E-state index < -0.39 is 5.51 Å². The molecule has 112 valence electrons. The van der Waals surface area contributed by atoms with Crippen LogP contribution in [0.4, 0.5) is 17.6 Å². The second-order valence-electron chi connectivity index (χ2n) is 5.02. The lowest BCUT2D eigenvalue weighted by Gasteiger charge is -2.18. The topological polar surface area (TPSA) is 12.0 Å². The minimum absolute atomic E-state index is 0.00295. The average Bonchev–Trinajstić information content (AvgIpc) is 3.16. The highest BCUT2D eigenvalue weighted by Gasteiger charge is 2.29. The van der Waals surface area contributed by atoms with Crippen molar-refractivity contribution in [2.24, 2.45) is 0 Å². The lowest BCUT2D eigenvalue weighted by Crippen LogP contribution is -2.24. The van der Waals surface area contributed by atoms with Crippen LogP contribution in [0.3, 0.4) is 0 Å². The van der Waals surface area contributed by atoms with E-state index in [-0.39, 0.29) is 29.2 Å². The number of rotatable bonds is 7. The third-order valence-electron chi connectivity index (χ3n) is 3.28. The molecular formula is C14H17F4NS. The van der Waals surface area contributed by atoms with Crippen molar-refractivity contribution in [3.63, 3.8) is 0 Å². The molecule has 1 aliphatic carbocycles. The van der Waals surface area contributed by atoms with Gasteiger partial charge >= 0.3 is 5.51 Å². The molecule has 0 aromatic heterocycles. The van der Waals surface area contributed by atoms with Crippen molar-refractivity contribution < 1.29 is 17.6 Å². The number of hydrogen-bond donors (Lipinski definition) is 1. The first-order valence-electron chi connectivity index (χ1n) is 6.63. The van der Waals surface area contributed by atoms with Crippen molar-refractivity contribution in [1.82, 2.24) is 5.32 Å². The van der Waals surface area contributed by atoms with Gasteiger partial charge in [-0.3, -0.25) is 0 Å². The van der Waals surface area contributed by atoms with E-state index in [0.717, 1.165) is 18.4 Å². The molecule has 20 heavy (non-hydrogen) atoms. The van der Waals surface area contributed by atoms with Crippen molar-refractivity contribution in [2.75, 3.05) is 12.3 Å². The molecule has 0 amide bonds. The summed E-state index contributed by atoms with van der Waals surface area (Å²) >= 11 is -0.0109. The molecule has 1 atom stereocenters. The van der Waals surface area contributed by atoms with Gasteiger partial charge < -0.3 is 5.32 Å². The molecule has 6 heteroatoms. The Bertz CT molecular complexity index is 431. The monoisotopic (exact) mass is 307 g/mol. The number of alkyl halides is 3. The standard InChI is InChI=1S/C14H17F4NS/c15-12-3-1-2-10(8-12)11(9-19-13-4-5-13)6-7-20-14(16,17)18/h1-3,8,11,13,19H,4-7,9H2. The van der Waals surface area contributed by atoms with Crippen LogP contribution >= 0.6 is 11.8 Å². The molecule has 1 aliphatic rings. The minimum Gasteiger partial charge on any atom is -0.313 e. The normalized spacial score (nSPS) is 17.2. The van der Waals surface area contributed by atoms with Gasteiger partial charge in [-0.05, 0) is 42.9 Å². The Hall–Kier alpha value is -0.750. The Balaban J connectivity index is 1.92. The van der Waals surface area contributed by atoms with Gasteiger partial charge in [0, 0.05) is 18.3 Å². The summed E-state index contributed by atoms with van der Waals surface area (Å²) in [6.07, 6.45) is 2.62. The van der Waals surface area contributed by atoms with E-state index in [2.05, 4.69) is 5.32 Å². The summed E-state index contributed by atoms with van der Waals surface area (Å²) < 4.78 is 49.8. The van der Waals surface area contributed by atoms with Crippen LogP contribution in [-0.2, 0) is 0 Å². The van der Waals surface area contributed by atoms with Crippen molar-refractivity contribution in [3.05, 3.63) is 35.6 Å². The second kappa shape index (κ2) is 6.80. The van der Waals surface area contributed by atoms with E-state index in [4.69, 9.17) is 0 Å². The predicted octanol–water partition coefficient (Wildman–Crippen LogP) is 4.30. The molecule has 0 saturated heterocycles. The van der Waals surface area contributed by atoms with E-state index in [1.807, 2.05) is 0 Å². The summed E-state index contributed by atoms with van der Waals surface area (Å²) in [6, 6.07) is 6.63. The third-order valence-corrected chi connectivity index (χ3v) is 4.05. The summed E-state index contributed by atoms with van der Waals surface area (Å²) in [4.78, 5) is 0. The maximum absolute atomic E-state index is 13.2. The molecule has 1 saturated carbocycles. The van der Waals surface area contributed by atoms with Gasteiger partial charge in [0.15, 0.2) is 0 Å². The highest BCUT2D eigenvalue weighted by molar-refractivity contribution is 8.00. The molecule has 0 heterocycles. The van der Waals surface area contributed by atoms with Gasteiger partial charge in [-0.15, -0.1) is 0 Å². The summed E-state index contributed by atoms with van der Waals surface area (Å²) in [7, 11) is 0. The molecule has 0 spiro atoms. The zero-order chi connectivity index (χ0) is 14.6. The van der Waals surface area contributed by atoms with Crippen molar-refractivity contribution in [3.8, 4) is 0 Å². The first kappa shape index (κ1) is 15.6. The maximum atomic E-state index is 13.2. The van der Waals surface area contributed by atoms with E-state index in [1.165, 1.54) is 12.1 Å². The first-order chi connectivity index (χ1) is 9.44. The Morgan fingerprint density at radius 2 is 2.05 bits per heavy atom. The van der Waals surface area contributed by atoms with Crippen LogP contribution in [-0.4, -0.2) is 23.8 Å². The van der Waals surface area contributed by atoms with Gasteiger partial charge in [0.2, 0.25) is 0 Å². The van der Waals surface area contributed by atoms with Gasteiger partial charge in [-0.2, -0.15) is 13.2 Å². The third kappa shape index (κ3) is 5.71.